The second kappa shape index (κ2) is 9.44. The monoisotopic (exact) mass is 279 g/mol. The van der Waals surface area contributed by atoms with Crippen LogP contribution in [0.4, 0.5) is 0 Å². The van der Waals surface area contributed by atoms with E-state index >= 15 is 0 Å². The third-order valence-electron chi connectivity index (χ3n) is 3.08. The van der Waals surface area contributed by atoms with Gasteiger partial charge in [0.1, 0.15) is 0 Å². The average Bonchev–Trinajstić information content (AvgIpc) is 2.38. The van der Waals surface area contributed by atoms with Crippen molar-refractivity contribution in [3.8, 4) is 0 Å². The van der Waals surface area contributed by atoms with Crippen LogP contribution in [0.25, 0.3) is 0 Å². The van der Waals surface area contributed by atoms with Crippen LogP contribution >= 0.6 is 11.8 Å². The first kappa shape index (κ1) is 16.6. The van der Waals surface area contributed by atoms with Gasteiger partial charge in [-0.3, -0.25) is 0 Å². The second-order valence-corrected chi connectivity index (χ2v) is 6.61. The van der Waals surface area contributed by atoms with Gasteiger partial charge in [0.25, 0.3) is 0 Å². The third kappa shape index (κ3) is 6.49. The molecule has 0 bridgehead atoms. The highest BCUT2D eigenvalue weighted by Crippen LogP contribution is 2.21. The van der Waals surface area contributed by atoms with Crippen LogP contribution in [-0.4, -0.2) is 18.1 Å². The summed E-state index contributed by atoms with van der Waals surface area (Å²) in [5, 5.41) is 3.62. The lowest BCUT2D eigenvalue weighted by atomic mass is 10.0. The summed E-state index contributed by atoms with van der Waals surface area (Å²) in [5.74, 6) is 3.19. The summed E-state index contributed by atoms with van der Waals surface area (Å²) in [6.07, 6.45) is 2.41. The van der Waals surface area contributed by atoms with Gasteiger partial charge in [-0.05, 0) is 35.8 Å². The van der Waals surface area contributed by atoms with Crippen molar-refractivity contribution in [2.45, 2.75) is 46.6 Å². The number of hydrogen-bond acceptors (Lipinski definition) is 2. The lowest BCUT2D eigenvalue weighted by Crippen LogP contribution is -2.23. The molecule has 0 aliphatic rings. The van der Waals surface area contributed by atoms with Crippen molar-refractivity contribution in [3.05, 3.63) is 35.4 Å². The highest BCUT2D eigenvalue weighted by atomic mass is 32.2. The van der Waals surface area contributed by atoms with E-state index in [1.807, 2.05) is 0 Å². The van der Waals surface area contributed by atoms with Crippen LogP contribution < -0.4 is 5.32 Å². The van der Waals surface area contributed by atoms with Crippen molar-refractivity contribution in [3.63, 3.8) is 0 Å². The zero-order valence-corrected chi connectivity index (χ0v) is 13.7. The topological polar surface area (TPSA) is 12.0 Å². The molecule has 0 spiro atoms. The van der Waals surface area contributed by atoms with Gasteiger partial charge in [-0.2, -0.15) is 11.8 Å². The predicted molar refractivity (Wildman–Crippen MR) is 89.0 cm³/mol. The number of nitrogens with one attached hydrogen (secondary N) is 1. The highest BCUT2D eigenvalue weighted by Gasteiger charge is 2.11. The summed E-state index contributed by atoms with van der Waals surface area (Å²) in [6, 6.07) is 9.59. The number of thioether (sulfide) groups is 1. The Morgan fingerprint density at radius 2 is 1.95 bits per heavy atom. The third-order valence-corrected chi connectivity index (χ3v) is 4.55. The summed E-state index contributed by atoms with van der Waals surface area (Å²) < 4.78 is 0. The molecule has 0 radical (unpaired) electrons. The molecular weight excluding hydrogens is 250 g/mol. The Balaban J connectivity index is 2.65. The Morgan fingerprint density at radius 1 is 1.16 bits per heavy atom. The van der Waals surface area contributed by atoms with Gasteiger partial charge in [0.2, 0.25) is 0 Å². The first-order valence-corrected chi connectivity index (χ1v) is 8.72. The molecule has 108 valence electrons. The van der Waals surface area contributed by atoms with Crippen LogP contribution in [0.15, 0.2) is 24.3 Å². The van der Waals surface area contributed by atoms with E-state index < -0.39 is 0 Å². The van der Waals surface area contributed by atoms with Gasteiger partial charge in [-0.25, -0.2) is 0 Å². The summed E-state index contributed by atoms with van der Waals surface area (Å²) >= 11 is 2.06. The second-order valence-electron chi connectivity index (χ2n) is 5.54. The van der Waals surface area contributed by atoms with E-state index in [9.17, 15) is 0 Å². The molecule has 1 N–H and O–H groups in total. The van der Waals surface area contributed by atoms with Crippen molar-refractivity contribution in [2.24, 2.45) is 5.92 Å². The standard InChI is InChI=1S/C17H29NS/c1-5-8-15-9-7-10-16(11-15)17(18-6-2)13-19-12-14(3)4/h7,9-11,14,17-18H,5-6,8,12-13H2,1-4H3. The van der Waals surface area contributed by atoms with E-state index in [2.05, 4.69) is 69.0 Å². The quantitative estimate of drug-likeness (QED) is 0.704. The van der Waals surface area contributed by atoms with Crippen molar-refractivity contribution >= 4 is 11.8 Å². The van der Waals surface area contributed by atoms with Crippen molar-refractivity contribution in [1.29, 1.82) is 0 Å². The molecule has 0 aromatic heterocycles. The van der Waals surface area contributed by atoms with Gasteiger partial charge in [-0.15, -0.1) is 0 Å². The molecule has 0 heterocycles. The fraction of sp³-hybridized carbons (Fsp3) is 0.647. The molecule has 0 saturated carbocycles. The number of hydrogen-bond donors (Lipinski definition) is 1. The van der Waals surface area contributed by atoms with Gasteiger partial charge >= 0.3 is 0 Å². The Labute approximate surface area is 123 Å². The molecular formula is C17H29NS. The maximum absolute atomic E-state index is 3.62. The smallest absolute Gasteiger partial charge is 0.0411 e. The first-order chi connectivity index (χ1) is 9.17. The van der Waals surface area contributed by atoms with Crippen molar-refractivity contribution < 1.29 is 0 Å². The molecule has 1 rings (SSSR count). The minimum atomic E-state index is 0.491. The summed E-state index contributed by atoms with van der Waals surface area (Å²) in [5.41, 5.74) is 2.92. The lowest BCUT2D eigenvalue weighted by molar-refractivity contribution is 0.604. The zero-order chi connectivity index (χ0) is 14.1. The van der Waals surface area contributed by atoms with Crippen LogP contribution in [0.5, 0.6) is 0 Å². The molecule has 0 aliphatic heterocycles. The Bertz CT molecular complexity index is 349. The van der Waals surface area contributed by atoms with Crippen LogP contribution in [0, 0.1) is 5.92 Å². The minimum absolute atomic E-state index is 0.491. The highest BCUT2D eigenvalue weighted by molar-refractivity contribution is 7.99. The van der Waals surface area contributed by atoms with E-state index in [-0.39, 0.29) is 0 Å². The average molecular weight is 279 g/mol. The van der Waals surface area contributed by atoms with E-state index in [0.717, 1.165) is 12.5 Å². The van der Waals surface area contributed by atoms with Crippen LogP contribution in [0.2, 0.25) is 0 Å². The summed E-state index contributed by atoms with van der Waals surface area (Å²) in [6.45, 7) is 10.0. The van der Waals surface area contributed by atoms with E-state index in [4.69, 9.17) is 0 Å². The summed E-state index contributed by atoms with van der Waals surface area (Å²) in [7, 11) is 0. The Kier molecular flexibility index (Phi) is 8.24. The van der Waals surface area contributed by atoms with Gasteiger partial charge in [-0.1, -0.05) is 58.4 Å². The minimum Gasteiger partial charge on any atom is -0.310 e. The Morgan fingerprint density at radius 3 is 2.58 bits per heavy atom. The molecule has 0 fully saturated rings. The van der Waals surface area contributed by atoms with Gasteiger partial charge < -0.3 is 5.32 Å². The number of benzene rings is 1. The SMILES string of the molecule is CCCc1cccc(C(CSCC(C)C)NCC)c1. The molecule has 0 aliphatic carbocycles. The number of aryl methyl sites for hydroxylation is 1. The summed E-state index contributed by atoms with van der Waals surface area (Å²) in [4.78, 5) is 0. The molecule has 1 aromatic carbocycles. The lowest BCUT2D eigenvalue weighted by Gasteiger charge is -2.19. The van der Waals surface area contributed by atoms with Gasteiger partial charge in [0, 0.05) is 11.8 Å². The maximum Gasteiger partial charge on any atom is 0.0411 e. The van der Waals surface area contributed by atoms with E-state index in [0.29, 0.717) is 6.04 Å². The molecule has 0 saturated heterocycles. The first-order valence-electron chi connectivity index (χ1n) is 7.57. The molecule has 19 heavy (non-hydrogen) atoms. The van der Waals surface area contributed by atoms with E-state index in [1.54, 1.807) is 0 Å². The fourth-order valence-corrected chi connectivity index (χ4v) is 3.35. The predicted octanol–water partition coefficient (Wildman–Crippen LogP) is 4.68. The van der Waals surface area contributed by atoms with Crippen molar-refractivity contribution in [1.82, 2.24) is 5.32 Å². The largest absolute Gasteiger partial charge is 0.310 e. The molecule has 1 nitrogen and oxygen atoms in total. The molecule has 1 unspecified atom stereocenters. The molecule has 0 amide bonds. The van der Waals surface area contributed by atoms with Crippen LogP contribution in [0.3, 0.4) is 0 Å². The number of rotatable bonds is 9. The maximum atomic E-state index is 3.62. The van der Waals surface area contributed by atoms with Crippen molar-refractivity contribution in [2.75, 3.05) is 18.1 Å². The van der Waals surface area contributed by atoms with E-state index in [1.165, 1.54) is 35.5 Å². The van der Waals surface area contributed by atoms with Gasteiger partial charge in [0.15, 0.2) is 0 Å². The van der Waals surface area contributed by atoms with Crippen LogP contribution in [-0.2, 0) is 6.42 Å². The Hall–Kier alpha value is -0.470. The molecule has 2 heteroatoms. The zero-order valence-electron chi connectivity index (χ0n) is 12.9. The van der Waals surface area contributed by atoms with Crippen LogP contribution in [0.1, 0.15) is 51.3 Å². The molecule has 1 aromatic rings. The fourth-order valence-electron chi connectivity index (χ4n) is 2.20. The van der Waals surface area contributed by atoms with Gasteiger partial charge in [0.05, 0.1) is 0 Å². The molecule has 1 atom stereocenters. The normalized spacial score (nSPS) is 12.9.